The van der Waals surface area contributed by atoms with Crippen molar-refractivity contribution in [2.75, 3.05) is 6.61 Å². The molecule has 4 atom stereocenters. The van der Waals surface area contributed by atoms with Gasteiger partial charge >= 0.3 is 16.3 Å². The predicted molar refractivity (Wildman–Crippen MR) is 105 cm³/mol. The van der Waals surface area contributed by atoms with Crippen molar-refractivity contribution in [3.63, 3.8) is 0 Å². The number of carbonyl (C=O) groups excluding carboxylic acids is 1. The molecule has 3 aliphatic carbocycles. The van der Waals surface area contributed by atoms with Crippen LogP contribution in [0.15, 0.2) is 29.8 Å². The monoisotopic (exact) mass is 405 g/mol. The first-order valence-electron chi connectivity index (χ1n) is 9.95. The van der Waals surface area contributed by atoms with Crippen LogP contribution in [0.5, 0.6) is 5.75 Å². The molecule has 0 spiro atoms. The summed E-state index contributed by atoms with van der Waals surface area (Å²) < 4.78 is 32.6. The molecule has 0 heterocycles. The smallest absolute Gasteiger partial charge is 0.380 e. The highest BCUT2D eigenvalue weighted by Crippen LogP contribution is 2.61. The Kier molecular flexibility index (Phi) is 4.78. The van der Waals surface area contributed by atoms with Gasteiger partial charge in [-0.3, -0.25) is 0 Å². The zero-order valence-electron chi connectivity index (χ0n) is 16.3. The summed E-state index contributed by atoms with van der Waals surface area (Å²) in [5.41, 5.74) is 3.18. The van der Waals surface area contributed by atoms with Crippen LogP contribution in [0.25, 0.3) is 0 Å². The lowest BCUT2D eigenvalue weighted by Gasteiger charge is -2.50. The van der Waals surface area contributed by atoms with Gasteiger partial charge in [-0.25, -0.2) is 4.79 Å². The van der Waals surface area contributed by atoms with E-state index in [1.165, 1.54) is 5.56 Å². The number of aryl methyl sites for hydroxylation is 1. The third-order valence-corrected chi connectivity index (χ3v) is 7.41. The zero-order valence-corrected chi connectivity index (χ0v) is 17.1. The van der Waals surface area contributed by atoms with Crippen molar-refractivity contribution in [1.29, 1.82) is 0 Å². The Labute approximate surface area is 166 Å². The summed E-state index contributed by atoms with van der Waals surface area (Å²) in [7, 11) is -4.02. The van der Waals surface area contributed by atoms with Crippen molar-refractivity contribution < 1.29 is 22.1 Å². The minimum atomic E-state index is -4.02. The van der Waals surface area contributed by atoms with Gasteiger partial charge in [0.2, 0.25) is 0 Å². The van der Waals surface area contributed by atoms with Crippen molar-refractivity contribution in [2.24, 2.45) is 22.4 Å². The summed E-state index contributed by atoms with van der Waals surface area (Å²) >= 11 is 0. The number of allylic oxidation sites excluding steroid dienone is 1. The van der Waals surface area contributed by atoms with E-state index in [0.717, 1.165) is 43.2 Å². The molecular weight excluding hydrogens is 378 g/mol. The predicted octanol–water partition coefficient (Wildman–Crippen LogP) is 3.22. The van der Waals surface area contributed by atoms with E-state index < -0.39 is 10.3 Å². The molecule has 1 aromatic carbocycles. The normalized spacial score (nSPS) is 31.2. The molecule has 4 rings (SSSR count). The molecule has 0 aliphatic heterocycles. The lowest BCUT2D eigenvalue weighted by Crippen LogP contribution is -2.42. The first kappa shape index (κ1) is 19.5. The molecule has 1 saturated carbocycles. The van der Waals surface area contributed by atoms with E-state index >= 15 is 0 Å². The molecule has 28 heavy (non-hydrogen) atoms. The molecule has 1 fully saturated rings. The highest BCUT2D eigenvalue weighted by molar-refractivity contribution is 7.84. The number of fused-ring (bicyclic) bond motifs is 5. The van der Waals surface area contributed by atoms with E-state index in [9.17, 15) is 13.2 Å². The van der Waals surface area contributed by atoms with Gasteiger partial charge in [-0.15, -0.1) is 0 Å². The van der Waals surface area contributed by atoms with E-state index in [0.29, 0.717) is 24.4 Å². The Morgan fingerprint density at radius 2 is 2.11 bits per heavy atom. The van der Waals surface area contributed by atoms with Crippen LogP contribution in [-0.2, 0) is 26.3 Å². The van der Waals surface area contributed by atoms with Gasteiger partial charge < -0.3 is 8.92 Å². The zero-order chi connectivity index (χ0) is 20.1. The summed E-state index contributed by atoms with van der Waals surface area (Å²) in [5, 5.41) is 4.99. The molecule has 0 saturated heterocycles. The summed E-state index contributed by atoms with van der Waals surface area (Å²) in [5.74, 6) is 1.50. The number of ether oxygens (including phenoxy) is 1. The quantitative estimate of drug-likeness (QED) is 0.776. The van der Waals surface area contributed by atoms with Crippen LogP contribution >= 0.6 is 0 Å². The number of nitrogens with two attached hydrogens (primary N) is 1. The highest BCUT2D eigenvalue weighted by Gasteiger charge is 2.53. The summed E-state index contributed by atoms with van der Waals surface area (Å²) in [6.45, 7) is 4.47. The van der Waals surface area contributed by atoms with Crippen LogP contribution in [0.3, 0.4) is 0 Å². The number of hydrogen-bond donors (Lipinski definition) is 1. The first-order chi connectivity index (χ1) is 13.2. The molecule has 152 valence electrons. The summed E-state index contributed by atoms with van der Waals surface area (Å²) in [4.78, 5) is 12.5. The summed E-state index contributed by atoms with van der Waals surface area (Å²) in [6.07, 6.45) is 6.90. The molecule has 0 unspecified atom stereocenters. The van der Waals surface area contributed by atoms with E-state index in [2.05, 4.69) is 13.0 Å². The third-order valence-electron chi connectivity index (χ3n) is 6.99. The fourth-order valence-electron chi connectivity index (χ4n) is 5.84. The van der Waals surface area contributed by atoms with E-state index in [1.807, 2.05) is 13.0 Å². The Bertz CT molecular complexity index is 938. The lowest BCUT2D eigenvalue weighted by molar-refractivity contribution is -0.140. The van der Waals surface area contributed by atoms with Crippen molar-refractivity contribution in [2.45, 2.75) is 51.9 Å². The van der Waals surface area contributed by atoms with Crippen LogP contribution in [-0.4, -0.2) is 21.0 Å². The van der Waals surface area contributed by atoms with E-state index in [-0.39, 0.29) is 17.1 Å². The molecule has 0 amide bonds. The van der Waals surface area contributed by atoms with Crippen molar-refractivity contribution in [1.82, 2.24) is 0 Å². The van der Waals surface area contributed by atoms with Gasteiger partial charge in [0.25, 0.3) is 0 Å². The molecule has 1 aromatic rings. The number of carbonyl (C=O) groups is 1. The van der Waals surface area contributed by atoms with Gasteiger partial charge in [-0.1, -0.05) is 19.1 Å². The van der Waals surface area contributed by atoms with Crippen molar-refractivity contribution >= 4 is 16.3 Å². The van der Waals surface area contributed by atoms with Gasteiger partial charge in [-0.05, 0) is 80.0 Å². The fraction of sp³-hybridized carbons (Fsp3) is 0.571. The van der Waals surface area contributed by atoms with Crippen LogP contribution in [0.1, 0.15) is 56.6 Å². The van der Waals surface area contributed by atoms with Gasteiger partial charge in [0.1, 0.15) is 5.75 Å². The second kappa shape index (κ2) is 6.88. The Morgan fingerprint density at radius 3 is 2.82 bits per heavy atom. The maximum absolute atomic E-state index is 12.5. The van der Waals surface area contributed by atoms with E-state index in [4.69, 9.17) is 14.1 Å². The standard InChI is InChI=1S/C21H27NO5S/c1-3-26-20(23)19-9-8-18-17-6-4-13-12-14(27-28(22,24)25)5-7-15(13)16(17)10-11-21(18,19)2/h5,7,9,12,16-18H,3-4,6,8,10-11H2,1-2H3,(H2,22,24,25)/t16-,17-,18+,21+/m1/s1. The number of esters is 1. The van der Waals surface area contributed by atoms with Crippen LogP contribution in [0.2, 0.25) is 0 Å². The SMILES string of the molecule is CCOC(=O)C1=CC[C@H]2[C@@H]3CCc4cc(OS(N)(=O)=O)ccc4[C@H]3CC[C@]12C. The van der Waals surface area contributed by atoms with Gasteiger partial charge in [0, 0.05) is 11.0 Å². The topological polar surface area (TPSA) is 95.7 Å². The largest absolute Gasteiger partial charge is 0.463 e. The van der Waals surface area contributed by atoms with Gasteiger partial charge in [-0.2, -0.15) is 13.6 Å². The second-order valence-corrected chi connectivity index (χ2v) is 9.53. The highest BCUT2D eigenvalue weighted by atomic mass is 32.2. The third kappa shape index (κ3) is 3.24. The molecule has 2 N–H and O–H groups in total. The van der Waals surface area contributed by atoms with E-state index in [1.54, 1.807) is 12.1 Å². The average molecular weight is 406 g/mol. The van der Waals surface area contributed by atoms with Crippen LogP contribution in [0.4, 0.5) is 0 Å². The number of rotatable bonds is 4. The Balaban J connectivity index is 1.59. The lowest BCUT2D eigenvalue weighted by atomic mass is 9.54. The Morgan fingerprint density at radius 1 is 1.32 bits per heavy atom. The molecule has 0 aromatic heterocycles. The number of benzene rings is 1. The first-order valence-corrected chi connectivity index (χ1v) is 11.4. The summed E-state index contributed by atoms with van der Waals surface area (Å²) in [6, 6.07) is 5.49. The van der Waals surface area contributed by atoms with Crippen molar-refractivity contribution in [3.05, 3.63) is 41.0 Å². The maximum atomic E-state index is 12.5. The molecule has 0 bridgehead atoms. The Hall–Kier alpha value is -1.86. The molecule has 3 aliphatic rings. The van der Waals surface area contributed by atoms with Gasteiger partial charge in [0.15, 0.2) is 0 Å². The minimum Gasteiger partial charge on any atom is -0.463 e. The molecule has 6 nitrogen and oxygen atoms in total. The molecule has 7 heteroatoms. The average Bonchev–Trinajstić information content (AvgIpc) is 2.97. The molecular formula is C21H27NO5S. The maximum Gasteiger partial charge on any atom is 0.380 e. The number of hydrogen-bond acceptors (Lipinski definition) is 5. The van der Waals surface area contributed by atoms with Crippen LogP contribution < -0.4 is 9.32 Å². The second-order valence-electron chi connectivity index (χ2n) is 8.38. The van der Waals surface area contributed by atoms with Crippen LogP contribution in [0, 0.1) is 17.3 Å². The van der Waals surface area contributed by atoms with Gasteiger partial charge in [0.05, 0.1) is 6.61 Å². The molecule has 0 radical (unpaired) electrons. The minimum absolute atomic E-state index is 0.110. The fourth-order valence-corrected chi connectivity index (χ4v) is 6.21. The van der Waals surface area contributed by atoms with Crippen molar-refractivity contribution in [3.8, 4) is 5.75 Å².